The van der Waals surface area contributed by atoms with Crippen molar-refractivity contribution in [3.05, 3.63) is 77.0 Å². The lowest BCUT2D eigenvalue weighted by atomic mass is 9.79. The van der Waals surface area contributed by atoms with Crippen LogP contribution in [0.2, 0.25) is 0 Å². The van der Waals surface area contributed by atoms with Gasteiger partial charge in [0.15, 0.2) is 11.6 Å². The molecule has 0 radical (unpaired) electrons. The summed E-state index contributed by atoms with van der Waals surface area (Å²) in [5, 5.41) is 20.7. The second-order valence-electron chi connectivity index (χ2n) is 10.2. The molecule has 3 N–H and O–H groups in total. The Bertz CT molecular complexity index is 1280. The van der Waals surface area contributed by atoms with E-state index >= 15 is 0 Å². The number of carbonyl (C=O) groups excluding carboxylic acids is 1. The predicted octanol–water partition coefficient (Wildman–Crippen LogP) is 3.93. The van der Waals surface area contributed by atoms with Gasteiger partial charge < -0.3 is 15.2 Å². The number of rotatable bonds is 8. The number of aromatic nitrogens is 2. The van der Waals surface area contributed by atoms with Gasteiger partial charge in [-0.05, 0) is 49.6 Å². The Morgan fingerprint density at radius 3 is 2.58 bits per heavy atom. The number of benzene rings is 2. The average molecular weight is 526 g/mol. The van der Waals surface area contributed by atoms with Crippen LogP contribution in [0.3, 0.4) is 0 Å². The quantitative estimate of drug-likeness (QED) is 0.415. The number of amides is 2. The summed E-state index contributed by atoms with van der Waals surface area (Å²) < 4.78 is 34.6. The van der Waals surface area contributed by atoms with Gasteiger partial charge in [-0.15, -0.1) is 0 Å². The lowest BCUT2D eigenvalue weighted by molar-refractivity contribution is 0.0729. The van der Waals surface area contributed by atoms with Crippen molar-refractivity contribution < 1.29 is 23.4 Å². The average Bonchev–Trinajstić information content (AvgIpc) is 3.43. The first-order valence-corrected chi connectivity index (χ1v) is 12.9. The van der Waals surface area contributed by atoms with Gasteiger partial charge >= 0.3 is 6.03 Å². The van der Waals surface area contributed by atoms with Crippen LogP contribution in [0.5, 0.6) is 0 Å². The maximum absolute atomic E-state index is 14.1. The number of urea groups is 1. The molecule has 38 heavy (non-hydrogen) atoms. The molecule has 8 nitrogen and oxygen atoms in total. The van der Waals surface area contributed by atoms with Gasteiger partial charge in [0.05, 0.1) is 30.1 Å². The second kappa shape index (κ2) is 11.2. The van der Waals surface area contributed by atoms with E-state index in [4.69, 9.17) is 9.84 Å². The fourth-order valence-corrected chi connectivity index (χ4v) is 5.44. The molecule has 1 aromatic heterocycles. The molecule has 2 unspecified atom stereocenters. The summed E-state index contributed by atoms with van der Waals surface area (Å²) >= 11 is 0. The zero-order valence-corrected chi connectivity index (χ0v) is 21.5. The normalized spacial score (nSPS) is 23.3. The minimum Gasteiger partial charge on any atom is -0.393 e. The Morgan fingerprint density at radius 2 is 1.89 bits per heavy atom. The van der Waals surface area contributed by atoms with E-state index in [1.54, 1.807) is 17.9 Å². The van der Waals surface area contributed by atoms with Crippen molar-refractivity contribution >= 4 is 11.8 Å². The molecule has 1 saturated carbocycles. The maximum atomic E-state index is 14.1. The van der Waals surface area contributed by atoms with Gasteiger partial charge in [0, 0.05) is 44.1 Å². The van der Waals surface area contributed by atoms with Crippen LogP contribution in [0.15, 0.2) is 48.5 Å². The highest BCUT2D eigenvalue weighted by Crippen LogP contribution is 2.40. The number of ether oxygens (including phenoxy) is 1. The molecule has 0 bridgehead atoms. The largest absolute Gasteiger partial charge is 0.393 e. The van der Waals surface area contributed by atoms with E-state index in [-0.39, 0.29) is 24.0 Å². The monoisotopic (exact) mass is 525 g/mol. The molecular formula is C28H33F2N5O3. The van der Waals surface area contributed by atoms with Crippen molar-refractivity contribution in [1.29, 1.82) is 0 Å². The highest BCUT2D eigenvalue weighted by Gasteiger charge is 2.36. The molecule has 202 valence electrons. The van der Waals surface area contributed by atoms with Crippen LogP contribution in [0.25, 0.3) is 5.69 Å². The van der Waals surface area contributed by atoms with Crippen LogP contribution in [0, 0.1) is 18.6 Å². The van der Waals surface area contributed by atoms with Crippen molar-refractivity contribution in [2.75, 3.05) is 38.7 Å². The smallest absolute Gasteiger partial charge is 0.320 e. The molecule has 0 spiro atoms. The minimum absolute atomic E-state index is 0.139. The van der Waals surface area contributed by atoms with E-state index in [0.29, 0.717) is 50.5 Å². The molecule has 2 atom stereocenters. The number of nitrogens with zero attached hydrogens (tertiary/aromatic N) is 3. The van der Waals surface area contributed by atoms with Crippen LogP contribution in [-0.4, -0.2) is 71.3 Å². The summed E-state index contributed by atoms with van der Waals surface area (Å²) in [7, 11) is 1.63. The summed E-state index contributed by atoms with van der Waals surface area (Å²) in [4.78, 5) is 15.5. The molecule has 2 amide bonds. The van der Waals surface area contributed by atoms with Crippen LogP contribution < -0.4 is 10.6 Å². The summed E-state index contributed by atoms with van der Waals surface area (Å²) in [5.41, 5.74) is 3.15. The lowest BCUT2D eigenvalue weighted by Crippen LogP contribution is -2.42. The number of halogens is 2. The SMILES string of the molecule is COCCN1CC(NC(=O)Nc2c(C)c(C3CC(O)C3)nn2-c2ccccc2)C(c2ccc(F)c(F)c2)C1. The molecule has 2 heterocycles. The number of hydrogen-bond acceptors (Lipinski definition) is 5. The first-order valence-electron chi connectivity index (χ1n) is 12.9. The van der Waals surface area contributed by atoms with E-state index in [1.165, 1.54) is 6.07 Å². The highest BCUT2D eigenvalue weighted by atomic mass is 19.2. The van der Waals surface area contributed by atoms with Crippen molar-refractivity contribution in [3.8, 4) is 5.69 Å². The molecule has 2 aromatic carbocycles. The summed E-state index contributed by atoms with van der Waals surface area (Å²) in [6, 6.07) is 12.7. The third-order valence-electron chi connectivity index (χ3n) is 7.59. The Hall–Kier alpha value is -3.34. The lowest BCUT2D eigenvalue weighted by Gasteiger charge is -2.30. The molecule has 2 fully saturated rings. The fourth-order valence-electron chi connectivity index (χ4n) is 5.44. The number of aliphatic hydroxyl groups excluding tert-OH is 1. The Labute approximate surface area is 220 Å². The third-order valence-corrected chi connectivity index (χ3v) is 7.59. The van der Waals surface area contributed by atoms with Gasteiger partial charge in [-0.1, -0.05) is 24.3 Å². The molecule has 3 aromatic rings. The second-order valence-corrected chi connectivity index (χ2v) is 10.2. The Balaban J connectivity index is 1.38. The third kappa shape index (κ3) is 5.43. The van der Waals surface area contributed by atoms with Gasteiger partial charge in [-0.3, -0.25) is 10.2 Å². The standard InChI is InChI=1S/C28H33F2N5O3/c1-17-26(19-12-21(36)13-19)33-35(20-6-4-3-5-7-20)27(17)32-28(37)31-25-16-34(10-11-38-2)15-22(25)18-8-9-23(29)24(30)14-18/h3-9,14,19,21-22,25,36H,10-13,15-16H2,1-2H3,(H2,31,32,37). The maximum Gasteiger partial charge on any atom is 0.320 e. The zero-order valence-electron chi connectivity index (χ0n) is 21.5. The first-order chi connectivity index (χ1) is 18.3. The molecular weight excluding hydrogens is 492 g/mol. The van der Waals surface area contributed by atoms with E-state index < -0.39 is 17.7 Å². The molecule has 1 aliphatic carbocycles. The van der Waals surface area contributed by atoms with Crippen molar-refractivity contribution in [1.82, 2.24) is 20.0 Å². The summed E-state index contributed by atoms with van der Waals surface area (Å²) in [6.07, 6.45) is 0.971. The Kier molecular flexibility index (Phi) is 7.73. The highest BCUT2D eigenvalue weighted by molar-refractivity contribution is 5.90. The van der Waals surface area contributed by atoms with Crippen molar-refractivity contribution in [3.63, 3.8) is 0 Å². The summed E-state index contributed by atoms with van der Waals surface area (Å²) in [6.45, 7) is 4.23. The van der Waals surface area contributed by atoms with E-state index in [0.717, 1.165) is 23.0 Å². The topological polar surface area (TPSA) is 91.7 Å². The fraction of sp³-hybridized carbons (Fsp3) is 0.429. The van der Waals surface area contributed by atoms with E-state index in [2.05, 4.69) is 15.5 Å². The van der Waals surface area contributed by atoms with Gasteiger partial charge in [0.25, 0.3) is 0 Å². The van der Waals surface area contributed by atoms with Crippen LogP contribution >= 0.6 is 0 Å². The molecule has 2 aliphatic rings. The number of aliphatic hydroxyl groups is 1. The molecule has 1 saturated heterocycles. The van der Waals surface area contributed by atoms with Gasteiger partial charge in [-0.25, -0.2) is 18.3 Å². The van der Waals surface area contributed by atoms with Crippen LogP contribution in [0.4, 0.5) is 19.4 Å². The molecule has 10 heteroatoms. The van der Waals surface area contributed by atoms with Gasteiger partial charge in [-0.2, -0.15) is 5.10 Å². The number of nitrogens with one attached hydrogen (secondary N) is 2. The molecule has 1 aliphatic heterocycles. The van der Waals surface area contributed by atoms with Gasteiger partial charge in [0.1, 0.15) is 5.82 Å². The number of likely N-dealkylation sites (tertiary alicyclic amines) is 1. The number of carbonyl (C=O) groups is 1. The Morgan fingerprint density at radius 1 is 1.13 bits per heavy atom. The minimum atomic E-state index is -0.905. The zero-order chi connectivity index (χ0) is 26.8. The molecule has 5 rings (SSSR count). The van der Waals surface area contributed by atoms with E-state index in [9.17, 15) is 18.7 Å². The number of methoxy groups -OCH3 is 1. The van der Waals surface area contributed by atoms with Gasteiger partial charge in [0.2, 0.25) is 0 Å². The van der Waals surface area contributed by atoms with Crippen molar-refractivity contribution in [2.45, 2.75) is 43.7 Å². The number of anilines is 1. The van der Waals surface area contributed by atoms with Crippen molar-refractivity contribution in [2.24, 2.45) is 0 Å². The van der Waals surface area contributed by atoms with Crippen LogP contribution in [-0.2, 0) is 4.74 Å². The first kappa shape index (κ1) is 26.3. The number of hydrogen-bond donors (Lipinski definition) is 3. The summed E-state index contributed by atoms with van der Waals surface area (Å²) in [5.74, 6) is -1.33. The van der Waals surface area contributed by atoms with E-state index in [1.807, 2.05) is 37.3 Å². The predicted molar refractivity (Wildman–Crippen MR) is 140 cm³/mol. The van der Waals surface area contributed by atoms with Crippen LogP contribution in [0.1, 0.15) is 41.5 Å². The number of para-hydroxylation sites is 1.